The molecule has 0 saturated carbocycles. The first-order chi connectivity index (χ1) is 8.51. The molecule has 0 radical (unpaired) electrons. The molecule has 5 heteroatoms. The fourth-order valence-electron chi connectivity index (χ4n) is 1.63. The van der Waals surface area contributed by atoms with Crippen LogP contribution in [0.25, 0.3) is 11.1 Å². The van der Waals surface area contributed by atoms with Crippen LogP contribution in [-0.4, -0.2) is 0 Å². The largest absolute Gasteiger partial charge is 0.0876 e. The number of benzene rings is 2. The van der Waals surface area contributed by atoms with Gasteiger partial charge in [0.15, 0.2) is 0 Å². The standard InChI is InChI=1S/C13H7BrCl4/c14-6-7-1-8(3-9(15)2-7)10-4-12(17)13(18)5-11(10)16/h1-5H,6H2. The van der Waals surface area contributed by atoms with Crippen LogP contribution in [0.15, 0.2) is 30.3 Å². The topological polar surface area (TPSA) is 0 Å². The summed E-state index contributed by atoms with van der Waals surface area (Å²) < 4.78 is 0. The number of alkyl halides is 1. The predicted octanol–water partition coefficient (Wildman–Crippen LogP) is 6.86. The lowest BCUT2D eigenvalue weighted by Gasteiger charge is -2.09. The Morgan fingerprint density at radius 2 is 1.44 bits per heavy atom. The molecule has 0 saturated heterocycles. The van der Waals surface area contributed by atoms with Gasteiger partial charge in [0.1, 0.15) is 0 Å². The normalized spacial score (nSPS) is 10.7. The van der Waals surface area contributed by atoms with Gasteiger partial charge in [0.25, 0.3) is 0 Å². The second-order valence-electron chi connectivity index (χ2n) is 3.73. The molecule has 0 nitrogen and oxygen atoms in total. The van der Waals surface area contributed by atoms with Gasteiger partial charge in [-0.3, -0.25) is 0 Å². The molecule has 0 spiro atoms. The number of halogens is 5. The molecule has 0 bridgehead atoms. The van der Waals surface area contributed by atoms with E-state index in [9.17, 15) is 0 Å². The molecule has 0 fully saturated rings. The summed E-state index contributed by atoms with van der Waals surface area (Å²) in [6.07, 6.45) is 0. The van der Waals surface area contributed by atoms with E-state index in [1.807, 2.05) is 18.2 Å². The number of hydrogen-bond donors (Lipinski definition) is 0. The van der Waals surface area contributed by atoms with Gasteiger partial charge in [-0.2, -0.15) is 0 Å². The molecule has 2 aromatic rings. The van der Waals surface area contributed by atoms with E-state index in [0.717, 1.165) is 22.0 Å². The summed E-state index contributed by atoms with van der Waals surface area (Å²) in [6, 6.07) is 9.13. The van der Waals surface area contributed by atoms with Crippen molar-refractivity contribution in [2.75, 3.05) is 0 Å². The van der Waals surface area contributed by atoms with Gasteiger partial charge in [-0.05, 0) is 35.4 Å². The van der Waals surface area contributed by atoms with E-state index in [0.29, 0.717) is 20.1 Å². The Morgan fingerprint density at radius 3 is 2.11 bits per heavy atom. The molecular formula is C13H7BrCl4. The molecule has 0 amide bonds. The molecule has 0 aliphatic heterocycles. The number of rotatable bonds is 2. The molecule has 0 heterocycles. The molecular weight excluding hydrogens is 378 g/mol. The van der Waals surface area contributed by atoms with Crippen molar-refractivity contribution in [3.05, 3.63) is 56.0 Å². The van der Waals surface area contributed by atoms with Gasteiger partial charge in [-0.1, -0.05) is 68.4 Å². The van der Waals surface area contributed by atoms with Crippen molar-refractivity contribution in [1.82, 2.24) is 0 Å². The molecule has 0 aliphatic carbocycles. The first kappa shape index (κ1) is 14.5. The minimum Gasteiger partial charge on any atom is -0.0876 e. The van der Waals surface area contributed by atoms with Crippen LogP contribution < -0.4 is 0 Å². The van der Waals surface area contributed by atoms with E-state index in [-0.39, 0.29) is 0 Å². The average molecular weight is 385 g/mol. The van der Waals surface area contributed by atoms with Gasteiger partial charge in [0.05, 0.1) is 10.0 Å². The van der Waals surface area contributed by atoms with E-state index in [4.69, 9.17) is 46.4 Å². The lowest BCUT2D eigenvalue weighted by atomic mass is 10.0. The van der Waals surface area contributed by atoms with Gasteiger partial charge in [-0.25, -0.2) is 0 Å². The second kappa shape index (κ2) is 6.02. The highest BCUT2D eigenvalue weighted by atomic mass is 79.9. The molecule has 18 heavy (non-hydrogen) atoms. The van der Waals surface area contributed by atoms with Crippen molar-refractivity contribution >= 4 is 62.3 Å². The van der Waals surface area contributed by atoms with E-state index in [2.05, 4.69) is 15.9 Å². The highest BCUT2D eigenvalue weighted by Gasteiger charge is 2.09. The summed E-state index contributed by atoms with van der Waals surface area (Å²) in [4.78, 5) is 0. The molecule has 94 valence electrons. The average Bonchev–Trinajstić information content (AvgIpc) is 2.33. The predicted molar refractivity (Wildman–Crippen MR) is 84.5 cm³/mol. The maximum atomic E-state index is 6.19. The quantitative estimate of drug-likeness (QED) is 0.391. The summed E-state index contributed by atoms with van der Waals surface area (Å²) in [5.41, 5.74) is 2.80. The highest BCUT2D eigenvalue weighted by molar-refractivity contribution is 9.08. The first-order valence-corrected chi connectivity index (χ1v) is 7.65. The first-order valence-electron chi connectivity index (χ1n) is 5.01. The summed E-state index contributed by atoms with van der Waals surface area (Å²) in [7, 11) is 0. The molecule has 2 rings (SSSR count). The summed E-state index contributed by atoms with van der Waals surface area (Å²) >= 11 is 27.6. The van der Waals surface area contributed by atoms with Gasteiger partial charge in [0.2, 0.25) is 0 Å². The van der Waals surface area contributed by atoms with Gasteiger partial charge < -0.3 is 0 Å². The SMILES string of the molecule is Clc1cc(CBr)cc(-c2cc(Cl)c(Cl)cc2Cl)c1. The highest BCUT2D eigenvalue weighted by Crippen LogP contribution is 2.36. The maximum Gasteiger partial charge on any atom is 0.0607 e. The van der Waals surface area contributed by atoms with Crippen LogP contribution in [-0.2, 0) is 5.33 Å². The Hall–Kier alpha value is 0.0800. The third kappa shape index (κ3) is 3.15. The van der Waals surface area contributed by atoms with Crippen molar-refractivity contribution in [2.24, 2.45) is 0 Å². The second-order valence-corrected chi connectivity index (χ2v) is 5.95. The van der Waals surface area contributed by atoms with Crippen LogP contribution in [0, 0.1) is 0 Å². The van der Waals surface area contributed by atoms with Gasteiger partial charge in [-0.15, -0.1) is 0 Å². The lowest BCUT2D eigenvalue weighted by Crippen LogP contribution is -1.85. The van der Waals surface area contributed by atoms with Crippen molar-refractivity contribution < 1.29 is 0 Å². The van der Waals surface area contributed by atoms with Crippen molar-refractivity contribution in [3.8, 4) is 11.1 Å². The van der Waals surface area contributed by atoms with Gasteiger partial charge in [0, 0.05) is 20.9 Å². The van der Waals surface area contributed by atoms with Crippen LogP contribution in [0.1, 0.15) is 5.56 Å². The van der Waals surface area contributed by atoms with E-state index >= 15 is 0 Å². The fraction of sp³-hybridized carbons (Fsp3) is 0.0769. The fourth-order valence-corrected chi connectivity index (χ4v) is 2.86. The lowest BCUT2D eigenvalue weighted by molar-refractivity contribution is 1.43. The summed E-state index contributed by atoms with van der Waals surface area (Å²) in [5.74, 6) is 0. The van der Waals surface area contributed by atoms with Crippen molar-refractivity contribution in [1.29, 1.82) is 0 Å². The Balaban J connectivity index is 2.61. The molecule has 0 atom stereocenters. The molecule has 0 aromatic heterocycles. The van der Waals surface area contributed by atoms with Crippen LogP contribution in [0.3, 0.4) is 0 Å². The maximum absolute atomic E-state index is 6.19. The molecule has 2 aromatic carbocycles. The summed E-state index contributed by atoms with van der Waals surface area (Å²) in [5, 5.41) is 2.83. The molecule has 0 N–H and O–H groups in total. The molecule has 0 aliphatic rings. The molecule has 0 unspecified atom stereocenters. The van der Waals surface area contributed by atoms with E-state index in [1.54, 1.807) is 12.1 Å². The van der Waals surface area contributed by atoms with Crippen LogP contribution in [0.2, 0.25) is 20.1 Å². The minimum absolute atomic E-state index is 0.438. The van der Waals surface area contributed by atoms with Crippen LogP contribution in [0.4, 0.5) is 0 Å². The smallest absolute Gasteiger partial charge is 0.0607 e. The van der Waals surface area contributed by atoms with Crippen molar-refractivity contribution in [2.45, 2.75) is 5.33 Å². The van der Waals surface area contributed by atoms with E-state index in [1.165, 1.54) is 0 Å². The van der Waals surface area contributed by atoms with Gasteiger partial charge >= 0.3 is 0 Å². The van der Waals surface area contributed by atoms with Crippen molar-refractivity contribution in [3.63, 3.8) is 0 Å². The summed E-state index contributed by atoms with van der Waals surface area (Å²) in [6.45, 7) is 0. The Morgan fingerprint density at radius 1 is 0.778 bits per heavy atom. The third-order valence-corrected chi connectivity index (χ3v) is 4.33. The monoisotopic (exact) mass is 382 g/mol. The minimum atomic E-state index is 0.438. The Bertz CT molecular complexity index is 596. The third-order valence-electron chi connectivity index (χ3n) is 2.43. The van der Waals surface area contributed by atoms with Crippen LogP contribution >= 0.6 is 62.3 Å². The zero-order chi connectivity index (χ0) is 13.3. The number of hydrogen-bond acceptors (Lipinski definition) is 0. The Kier molecular flexibility index (Phi) is 4.85. The van der Waals surface area contributed by atoms with E-state index < -0.39 is 0 Å². The zero-order valence-corrected chi connectivity index (χ0v) is 13.6. The Labute approximate surface area is 134 Å². The van der Waals surface area contributed by atoms with Crippen LogP contribution in [0.5, 0.6) is 0 Å². The zero-order valence-electron chi connectivity index (χ0n) is 8.98.